The number of anilines is 1. The molecular weight excluding hydrogens is 692 g/mol. The minimum atomic E-state index is -0.895. The molecule has 2 aliphatic rings. The molecule has 0 fully saturated rings. The first kappa shape index (κ1) is 35.3. The van der Waals surface area contributed by atoms with E-state index in [0.29, 0.717) is 52.9 Å². The van der Waals surface area contributed by atoms with Crippen LogP contribution in [0.15, 0.2) is 109 Å². The second-order valence-electron chi connectivity index (χ2n) is 12.9. The van der Waals surface area contributed by atoms with E-state index in [0.717, 1.165) is 33.4 Å². The predicted molar refractivity (Wildman–Crippen MR) is 199 cm³/mol. The highest BCUT2D eigenvalue weighted by Crippen LogP contribution is 2.38. The summed E-state index contributed by atoms with van der Waals surface area (Å²) < 4.78 is 17.1. The molecule has 53 heavy (non-hydrogen) atoms. The Balaban J connectivity index is 0.970. The number of ether oxygens (including phenoxy) is 3. The molecule has 0 aromatic heterocycles. The third kappa shape index (κ3) is 8.17. The molecule has 266 valence electrons. The number of nitrogens with zero attached hydrogens (tertiary/aromatic N) is 1. The van der Waals surface area contributed by atoms with Crippen molar-refractivity contribution in [1.82, 2.24) is 10.6 Å². The summed E-state index contributed by atoms with van der Waals surface area (Å²) in [6.45, 7) is 0.775. The Labute approximate surface area is 311 Å². The van der Waals surface area contributed by atoms with Gasteiger partial charge in [0.1, 0.15) is 24.1 Å². The summed E-state index contributed by atoms with van der Waals surface area (Å²) in [5, 5.41) is 18.9. The molecule has 5 aromatic carbocycles. The van der Waals surface area contributed by atoms with Gasteiger partial charge in [-0.05, 0) is 88.3 Å². The lowest BCUT2D eigenvalue weighted by atomic mass is 9.93. The Morgan fingerprint density at radius 2 is 1.60 bits per heavy atom. The van der Waals surface area contributed by atoms with E-state index in [2.05, 4.69) is 22.0 Å². The van der Waals surface area contributed by atoms with Gasteiger partial charge in [0.15, 0.2) is 0 Å². The maximum atomic E-state index is 13.5. The SMILES string of the molecule is COC(=O)[C@H](Cc1ccc(-c2ccc(C#N)cc2)cc1)NC(=O)C1Cc2cc3c(cc2CN1)OC(c1ccc(OCc2ccc(Cl)cc2)cc1)C(=O)N3. The van der Waals surface area contributed by atoms with Gasteiger partial charge in [-0.15, -0.1) is 0 Å². The van der Waals surface area contributed by atoms with E-state index in [1.807, 2.05) is 84.9 Å². The number of carbonyl (C=O) groups is 3. The van der Waals surface area contributed by atoms with E-state index in [-0.39, 0.29) is 18.2 Å². The highest BCUT2D eigenvalue weighted by molar-refractivity contribution is 6.30. The van der Waals surface area contributed by atoms with Crippen molar-refractivity contribution in [3.8, 4) is 28.7 Å². The summed E-state index contributed by atoms with van der Waals surface area (Å²) in [5.74, 6) is 0.0124. The minimum absolute atomic E-state index is 0.243. The Hall–Kier alpha value is -6.15. The van der Waals surface area contributed by atoms with Crippen LogP contribution < -0.4 is 25.4 Å². The molecule has 0 saturated carbocycles. The average Bonchev–Trinajstić information content (AvgIpc) is 3.19. The molecule has 0 radical (unpaired) electrons. The number of halogens is 1. The highest BCUT2D eigenvalue weighted by atomic mass is 35.5. The van der Waals surface area contributed by atoms with Crippen molar-refractivity contribution >= 4 is 35.1 Å². The number of methoxy groups -OCH3 is 1. The fourth-order valence-corrected chi connectivity index (χ4v) is 6.55. The van der Waals surface area contributed by atoms with Crippen LogP contribution in [0.5, 0.6) is 11.5 Å². The first-order valence-electron chi connectivity index (χ1n) is 17.1. The fourth-order valence-electron chi connectivity index (χ4n) is 6.43. The number of rotatable bonds is 10. The summed E-state index contributed by atoms with van der Waals surface area (Å²) in [6.07, 6.45) is -0.256. The molecule has 0 saturated heterocycles. The van der Waals surface area contributed by atoms with Gasteiger partial charge in [0.2, 0.25) is 12.0 Å². The van der Waals surface area contributed by atoms with Crippen LogP contribution in [0.2, 0.25) is 5.02 Å². The van der Waals surface area contributed by atoms with Gasteiger partial charge in [0.25, 0.3) is 5.91 Å². The van der Waals surface area contributed by atoms with Crippen LogP contribution >= 0.6 is 11.6 Å². The monoisotopic (exact) mass is 726 g/mol. The molecule has 3 N–H and O–H groups in total. The van der Waals surface area contributed by atoms with Crippen molar-refractivity contribution in [2.45, 2.75) is 44.2 Å². The fraction of sp³-hybridized carbons (Fsp3) is 0.190. The normalized spacial score (nSPS) is 16.4. The molecule has 2 unspecified atom stereocenters. The quantitative estimate of drug-likeness (QED) is 0.140. The van der Waals surface area contributed by atoms with Gasteiger partial charge in [0.05, 0.1) is 30.5 Å². The Morgan fingerprint density at radius 1 is 0.925 bits per heavy atom. The smallest absolute Gasteiger partial charge is 0.328 e. The second-order valence-corrected chi connectivity index (χ2v) is 13.3. The largest absolute Gasteiger partial charge is 0.489 e. The van der Waals surface area contributed by atoms with E-state index in [4.69, 9.17) is 31.1 Å². The molecule has 2 aliphatic heterocycles. The zero-order valence-electron chi connectivity index (χ0n) is 28.7. The number of nitrogens with one attached hydrogen (secondary N) is 3. The first-order valence-corrected chi connectivity index (χ1v) is 17.5. The van der Waals surface area contributed by atoms with Gasteiger partial charge in [-0.1, -0.05) is 72.3 Å². The number of benzene rings is 5. The first-order chi connectivity index (χ1) is 25.8. The van der Waals surface area contributed by atoms with E-state index < -0.39 is 24.2 Å². The van der Waals surface area contributed by atoms with Crippen molar-refractivity contribution in [2.75, 3.05) is 12.4 Å². The van der Waals surface area contributed by atoms with Crippen molar-refractivity contribution in [3.05, 3.63) is 148 Å². The maximum Gasteiger partial charge on any atom is 0.328 e. The third-order valence-electron chi connectivity index (χ3n) is 9.37. The van der Waals surface area contributed by atoms with Crippen molar-refractivity contribution in [3.63, 3.8) is 0 Å². The van der Waals surface area contributed by atoms with Crippen LogP contribution in [-0.4, -0.2) is 37.0 Å². The van der Waals surface area contributed by atoms with Gasteiger partial charge in [-0.2, -0.15) is 5.26 Å². The number of carbonyl (C=O) groups excluding carboxylic acids is 3. The van der Waals surface area contributed by atoms with Gasteiger partial charge in [-0.25, -0.2) is 4.79 Å². The lowest BCUT2D eigenvalue weighted by molar-refractivity contribution is -0.145. The number of hydrogen-bond donors (Lipinski definition) is 3. The Morgan fingerprint density at radius 3 is 2.28 bits per heavy atom. The lowest BCUT2D eigenvalue weighted by Gasteiger charge is -2.31. The van der Waals surface area contributed by atoms with Gasteiger partial charge >= 0.3 is 5.97 Å². The molecule has 2 amide bonds. The van der Waals surface area contributed by atoms with Crippen LogP contribution in [0.3, 0.4) is 0 Å². The maximum absolute atomic E-state index is 13.5. The summed E-state index contributed by atoms with van der Waals surface area (Å²) in [5.41, 5.74) is 7.40. The van der Waals surface area contributed by atoms with Crippen LogP contribution in [0.1, 0.15) is 39.5 Å². The van der Waals surface area contributed by atoms with Crippen LogP contribution in [0.25, 0.3) is 11.1 Å². The van der Waals surface area contributed by atoms with E-state index >= 15 is 0 Å². The van der Waals surface area contributed by atoms with E-state index in [1.165, 1.54) is 7.11 Å². The highest BCUT2D eigenvalue weighted by Gasteiger charge is 2.33. The molecule has 3 atom stereocenters. The summed E-state index contributed by atoms with van der Waals surface area (Å²) >= 11 is 5.96. The molecule has 0 aliphatic carbocycles. The van der Waals surface area contributed by atoms with Gasteiger partial charge in [0, 0.05) is 23.6 Å². The zero-order chi connectivity index (χ0) is 36.9. The second kappa shape index (κ2) is 15.6. The van der Waals surface area contributed by atoms with E-state index in [9.17, 15) is 14.4 Å². The van der Waals surface area contributed by atoms with E-state index in [1.54, 1.807) is 24.3 Å². The Kier molecular flexibility index (Phi) is 10.4. The third-order valence-corrected chi connectivity index (χ3v) is 9.62. The number of amides is 2. The average molecular weight is 727 g/mol. The number of nitriles is 1. The molecule has 2 heterocycles. The number of fused-ring (bicyclic) bond motifs is 2. The number of hydrogen-bond acceptors (Lipinski definition) is 8. The van der Waals surface area contributed by atoms with Crippen LogP contribution in [-0.2, 0) is 45.1 Å². The molecule has 0 spiro atoms. The molecule has 0 bridgehead atoms. The van der Waals surface area contributed by atoms with Crippen LogP contribution in [0.4, 0.5) is 5.69 Å². The zero-order valence-corrected chi connectivity index (χ0v) is 29.5. The topological polar surface area (TPSA) is 139 Å². The summed E-state index contributed by atoms with van der Waals surface area (Å²) in [6, 6.07) is 34.0. The molecule has 5 aromatic rings. The van der Waals surface area contributed by atoms with Crippen LogP contribution in [0, 0.1) is 11.3 Å². The van der Waals surface area contributed by atoms with Crippen molar-refractivity contribution in [1.29, 1.82) is 5.26 Å². The standard InChI is InChI=1S/C42H35ClN4O6/c1-51-42(50)37(18-25-2-8-28(9-3-25)29-10-4-26(22-44)5-11-29)47-40(48)36-20-31-19-35-38(21-32(31)23-45-36)53-39(41(49)46-35)30-12-16-34(17-13-30)52-24-27-6-14-33(43)15-7-27/h2-17,19,21,36-37,39,45H,18,20,23-24H2,1H3,(H,46,49)(H,47,48)/t36?,37-,39?/m0/s1. The number of esters is 1. The Bertz CT molecular complexity index is 2180. The molecule has 11 heteroatoms. The molecular formula is C42H35ClN4O6. The van der Waals surface area contributed by atoms with Crippen molar-refractivity contribution < 1.29 is 28.6 Å². The van der Waals surface area contributed by atoms with Gasteiger partial charge < -0.3 is 30.2 Å². The summed E-state index contributed by atoms with van der Waals surface area (Å²) in [7, 11) is 1.29. The molecule has 10 nitrogen and oxygen atoms in total. The van der Waals surface area contributed by atoms with Crippen molar-refractivity contribution in [2.24, 2.45) is 0 Å². The van der Waals surface area contributed by atoms with Gasteiger partial charge in [-0.3, -0.25) is 9.59 Å². The minimum Gasteiger partial charge on any atom is -0.489 e. The molecule has 7 rings (SSSR count). The predicted octanol–water partition coefficient (Wildman–Crippen LogP) is 6.44. The summed E-state index contributed by atoms with van der Waals surface area (Å²) in [4.78, 5) is 39.5. The lowest BCUT2D eigenvalue weighted by Crippen LogP contribution is -2.53.